The van der Waals surface area contributed by atoms with Gasteiger partial charge in [-0.3, -0.25) is 4.79 Å². The molecule has 2 fully saturated rings. The number of ether oxygens (including phenoxy) is 1. The Morgan fingerprint density at radius 1 is 1.24 bits per heavy atom. The molecule has 2 unspecified atom stereocenters. The Hall–Kier alpha value is -1.57. The van der Waals surface area contributed by atoms with Crippen LogP contribution in [0.2, 0.25) is 0 Å². The van der Waals surface area contributed by atoms with Crippen LogP contribution in [0.15, 0.2) is 42.5 Å². The molecule has 1 aliphatic heterocycles. The van der Waals surface area contributed by atoms with E-state index < -0.39 is 0 Å². The van der Waals surface area contributed by atoms with Crippen molar-refractivity contribution < 1.29 is 9.53 Å². The number of benzene rings is 1. The first kappa shape index (κ1) is 9.46. The molecule has 4 atom stereocenters. The Balaban J connectivity index is 1.94. The Kier molecular flexibility index (Phi) is 1.47. The van der Waals surface area contributed by atoms with E-state index in [1.54, 1.807) is 0 Å². The third-order valence-corrected chi connectivity index (χ3v) is 5.07. The van der Waals surface area contributed by atoms with Gasteiger partial charge in [0.1, 0.15) is 5.41 Å². The molecule has 2 aliphatic carbocycles. The van der Waals surface area contributed by atoms with Crippen LogP contribution < -0.4 is 0 Å². The molecule has 2 heteroatoms. The molecule has 2 nitrogen and oxygen atoms in total. The molecule has 0 radical (unpaired) electrons. The smallest absolute Gasteiger partial charge is 0.317 e. The van der Waals surface area contributed by atoms with E-state index in [0.717, 1.165) is 5.56 Å². The van der Waals surface area contributed by atoms with Gasteiger partial charge in [-0.1, -0.05) is 49.4 Å². The van der Waals surface area contributed by atoms with E-state index in [1.165, 1.54) is 0 Å². The maximum Gasteiger partial charge on any atom is 0.317 e. The van der Waals surface area contributed by atoms with Crippen molar-refractivity contribution >= 4 is 5.97 Å². The van der Waals surface area contributed by atoms with E-state index in [2.05, 4.69) is 31.2 Å². The van der Waals surface area contributed by atoms with Crippen molar-refractivity contribution in [3.05, 3.63) is 48.0 Å². The minimum absolute atomic E-state index is 0.0193. The lowest BCUT2D eigenvalue weighted by atomic mass is 9.80. The Morgan fingerprint density at radius 3 is 2.71 bits per heavy atom. The van der Waals surface area contributed by atoms with Gasteiger partial charge in [-0.15, -0.1) is 0 Å². The van der Waals surface area contributed by atoms with Crippen molar-refractivity contribution in [2.24, 2.45) is 17.3 Å². The van der Waals surface area contributed by atoms with Crippen molar-refractivity contribution in [1.82, 2.24) is 0 Å². The lowest BCUT2D eigenvalue weighted by Crippen LogP contribution is -2.25. The van der Waals surface area contributed by atoms with Gasteiger partial charge in [0.15, 0.2) is 0 Å². The number of rotatable bonds is 1. The van der Waals surface area contributed by atoms with Crippen molar-refractivity contribution in [1.29, 1.82) is 0 Å². The molecule has 0 bridgehead atoms. The third-order valence-electron chi connectivity index (χ3n) is 5.07. The van der Waals surface area contributed by atoms with Crippen LogP contribution in [0.1, 0.15) is 12.5 Å². The van der Waals surface area contributed by atoms with Gasteiger partial charge in [0.25, 0.3) is 0 Å². The van der Waals surface area contributed by atoms with Crippen molar-refractivity contribution in [3.63, 3.8) is 0 Å². The zero-order chi connectivity index (χ0) is 11.7. The predicted molar refractivity (Wildman–Crippen MR) is 63.3 cm³/mol. The number of carbonyl (C=O) groups is 1. The van der Waals surface area contributed by atoms with Crippen molar-refractivity contribution in [3.8, 4) is 0 Å². The van der Waals surface area contributed by atoms with Gasteiger partial charge in [0.05, 0.1) is 6.61 Å². The molecular formula is C15H14O2. The van der Waals surface area contributed by atoms with Crippen LogP contribution >= 0.6 is 0 Å². The highest BCUT2D eigenvalue weighted by Gasteiger charge is 2.87. The van der Waals surface area contributed by atoms with E-state index in [4.69, 9.17) is 4.74 Å². The topological polar surface area (TPSA) is 26.3 Å². The summed E-state index contributed by atoms with van der Waals surface area (Å²) in [6.07, 6.45) is 4.45. The average molecular weight is 226 g/mol. The van der Waals surface area contributed by atoms with Gasteiger partial charge in [0.2, 0.25) is 0 Å². The molecule has 1 spiro atoms. The summed E-state index contributed by atoms with van der Waals surface area (Å²) in [5.41, 5.74) is 0.775. The molecular weight excluding hydrogens is 212 g/mol. The number of fused-ring (bicyclic) bond motifs is 1. The van der Waals surface area contributed by atoms with Gasteiger partial charge >= 0.3 is 5.97 Å². The number of esters is 1. The quantitative estimate of drug-likeness (QED) is 0.542. The molecule has 0 N–H and O–H groups in total. The van der Waals surface area contributed by atoms with Crippen LogP contribution in [0.25, 0.3) is 0 Å². The largest absolute Gasteiger partial charge is 0.464 e. The minimum atomic E-state index is -0.373. The van der Waals surface area contributed by atoms with Gasteiger partial charge in [-0.05, 0) is 11.5 Å². The number of hydrogen-bond acceptors (Lipinski definition) is 2. The van der Waals surface area contributed by atoms with Crippen LogP contribution in [0.3, 0.4) is 0 Å². The highest BCUT2D eigenvalue weighted by Crippen LogP contribution is 2.79. The lowest BCUT2D eigenvalue weighted by molar-refractivity contribution is -0.142. The Morgan fingerprint density at radius 2 is 2.00 bits per heavy atom. The highest BCUT2D eigenvalue weighted by molar-refractivity contribution is 5.94. The number of allylic oxidation sites excluding steroid dienone is 2. The second-order valence-corrected chi connectivity index (χ2v) is 5.44. The molecule has 1 aromatic rings. The maximum atomic E-state index is 12.2. The van der Waals surface area contributed by atoms with E-state index >= 15 is 0 Å². The lowest BCUT2D eigenvalue weighted by Gasteiger charge is -2.18. The van der Waals surface area contributed by atoms with Crippen molar-refractivity contribution in [2.45, 2.75) is 12.3 Å². The average Bonchev–Trinajstić information content (AvgIpc) is 2.63. The summed E-state index contributed by atoms with van der Waals surface area (Å²) in [6.45, 7) is 2.78. The first-order valence-corrected chi connectivity index (χ1v) is 6.15. The van der Waals surface area contributed by atoms with Gasteiger partial charge < -0.3 is 4.74 Å². The van der Waals surface area contributed by atoms with Crippen molar-refractivity contribution in [2.75, 3.05) is 6.61 Å². The molecule has 0 aromatic heterocycles. The molecule has 1 saturated carbocycles. The molecule has 1 saturated heterocycles. The molecule has 0 amide bonds. The molecule has 3 aliphatic rings. The van der Waals surface area contributed by atoms with Crippen LogP contribution in [0.4, 0.5) is 0 Å². The van der Waals surface area contributed by atoms with Crippen LogP contribution in [0, 0.1) is 17.3 Å². The van der Waals surface area contributed by atoms with E-state index in [9.17, 15) is 4.79 Å². The Labute approximate surface area is 100 Å². The van der Waals surface area contributed by atoms with Gasteiger partial charge in [-0.2, -0.15) is 0 Å². The Bertz CT molecular complexity index is 533. The summed E-state index contributed by atoms with van der Waals surface area (Å²) in [6, 6.07) is 10.1. The monoisotopic (exact) mass is 226 g/mol. The van der Waals surface area contributed by atoms with E-state index in [0.29, 0.717) is 18.4 Å². The maximum absolute atomic E-state index is 12.2. The molecule has 17 heavy (non-hydrogen) atoms. The van der Waals surface area contributed by atoms with Gasteiger partial charge in [-0.25, -0.2) is 0 Å². The summed E-state index contributed by atoms with van der Waals surface area (Å²) in [7, 11) is 0. The first-order valence-electron chi connectivity index (χ1n) is 6.15. The fraction of sp³-hybridized carbons (Fsp3) is 0.400. The van der Waals surface area contributed by atoms with Crippen LogP contribution in [-0.2, 0) is 14.9 Å². The zero-order valence-electron chi connectivity index (χ0n) is 9.72. The fourth-order valence-corrected chi connectivity index (χ4v) is 4.21. The first-order chi connectivity index (χ1) is 8.24. The normalized spacial score (nSPS) is 45.4. The summed E-state index contributed by atoms with van der Waals surface area (Å²) in [5.74, 6) is 0.762. The molecule has 1 heterocycles. The fourth-order valence-electron chi connectivity index (χ4n) is 4.21. The number of cyclic esters (lactones) is 1. The van der Waals surface area contributed by atoms with Crippen LogP contribution in [-0.4, -0.2) is 12.6 Å². The zero-order valence-corrected chi connectivity index (χ0v) is 9.72. The second-order valence-electron chi connectivity index (χ2n) is 5.44. The molecule has 1 aromatic carbocycles. The molecule has 86 valence electrons. The number of hydrogen-bond donors (Lipinski definition) is 0. The minimum Gasteiger partial charge on any atom is -0.464 e. The summed E-state index contributed by atoms with van der Waals surface area (Å²) in [5, 5.41) is 0. The number of carbonyl (C=O) groups excluding carboxylic acids is 1. The second kappa shape index (κ2) is 2.63. The molecule has 4 rings (SSSR count). The van der Waals surface area contributed by atoms with Crippen LogP contribution in [0.5, 0.6) is 0 Å². The third kappa shape index (κ3) is 0.753. The highest BCUT2D eigenvalue weighted by atomic mass is 16.5. The standard InChI is InChI=1S/C15H14O2/c1-10-7-8-12-14(10)9-17-13(16)15(12,14)11-5-3-2-4-6-11/h2-8,10,12H,9H2,1H3/t10-,12?,14?,15-/m1/s1. The van der Waals surface area contributed by atoms with E-state index in [-0.39, 0.29) is 16.8 Å². The summed E-state index contributed by atoms with van der Waals surface area (Å²) < 4.78 is 5.37. The predicted octanol–water partition coefficient (Wildman–Crippen LogP) is 2.30. The summed E-state index contributed by atoms with van der Waals surface area (Å²) in [4.78, 5) is 12.2. The van der Waals surface area contributed by atoms with Gasteiger partial charge in [0, 0.05) is 11.3 Å². The SMILES string of the molecule is C[C@@H]1C=CC2C13COC(=O)[C@@]23c1ccccc1. The van der Waals surface area contributed by atoms with E-state index in [1.807, 2.05) is 18.2 Å². The summed E-state index contributed by atoms with van der Waals surface area (Å²) >= 11 is 0.